The van der Waals surface area contributed by atoms with Crippen LogP contribution in [0.15, 0.2) is 4.52 Å². The van der Waals surface area contributed by atoms with Crippen LogP contribution in [0.4, 0.5) is 0 Å². The predicted molar refractivity (Wildman–Crippen MR) is 73.8 cm³/mol. The monoisotopic (exact) mass is 264 g/mol. The van der Waals surface area contributed by atoms with E-state index in [-0.39, 0.29) is 11.9 Å². The average Bonchev–Trinajstić information content (AvgIpc) is 2.93. The molecule has 0 aromatic carbocycles. The number of carbonyl (C=O) groups is 1. The van der Waals surface area contributed by atoms with Crippen LogP contribution in [0.25, 0.3) is 0 Å². The lowest BCUT2D eigenvalue weighted by Gasteiger charge is -2.25. The van der Waals surface area contributed by atoms with Crippen molar-refractivity contribution in [3.05, 3.63) is 17.0 Å². The van der Waals surface area contributed by atoms with E-state index in [9.17, 15) is 4.79 Å². The number of likely N-dealkylation sites (tertiary alicyclic amines) is 1. The Bertz CT molecular complexity index is 451. The molecule has 19 heavy (non-hydrogen) atoms. The third kappa shape index (κ3) is 2.82. The molecule has 0 N–H and O–H groups in total. The predicted octanol–water partition coefficient (Wildman–Crippen LogP) is 3.26. The van der Waals surface area contributed by atoms with Gasteiger partial charge in [-0.05, 0) is 25.7 Å². The fraction of sp³-hybridized carbons (Fsp3) is 0.733. The summed E-state index contributed by atoms with van der Waals surface area (Å²) < 4.78 is 5.38. The summed E-state index contributed by atoms with van der Waals surface area (Å²) in [4.78, 5) is 14.4. The minimum Gasteiger partial charge on any atom is -0.361 e. The van der Waals surface area contributed by atoms with Gasteiger partial charge in [0.05, 0.1) is 11.7 Å². The number of aromatic nitrogens is 1. The third-order valence-electron chi connectivity index (χ3n) is 3.79. The van der Waals surface area contributed by atoms with Gasteiger partial charge in [-0.15, -0.1) is 0 Å². The van der Waals surface area contributed by atoms with Crippen LogP contribution in [0, 0.1) is 12.8 Å². The zero-order chi connectivity index (χ0) is 14.0. The van der Waals surface area contributed by atoms with Crippen LogP contribution >= 0.6 is 0 Å². The summed E-state index contributed by atoms with van der Waals surface area (Å²) in [7, 11) is 0. The Balaban J connectivity index is 2.23. The molecule has 1 saturated heterocycles. The van der Waals surface area contributed by atoms with Gasteiger partial charge in [0.1, 0.15) is 5.76 Å². The minimum atomic E-state index is 0.174. The Morgan fingerprint density at radius 3 is 2.89 bits per heavy atom. The highest BCUT2D eigenvalue weighted by Gasteiger charge is 2.34. The van der Waals surface area contributed by atoms with Gasteiger partial charge in [0.2, 0.25) is 5.91 Å². The largest absolute Gasteiger partial charge is 0.361 e. The van der Waals surface area contributed by atoms with Crippen LogP contribution < -0.4 is 0 Å². The van der Waals surface area contributed by atoms with Crippen LogP contribution in [0.5, 0.6) is 0 Å². The Morgan fingerprint density at radius 1 is 1.53 bits per heavy atom. The Hall–Kier alpha value is -1.32. The molecular formula is C15H24N2O2. The fourth-order valence-corrected chi connectivity index (χ4v) is 2.94. The van der Waals surface area contributed by atoms with Gasteiger partial charge in [-0.2, -0.15) is 0 Å². The van der Waals surface area contributed by atoms with Gasteiger partial charge >= 0.3 is 0 Å². The van der Waals surface area contributed by atoms with E-state index in [2.05, 4.69) is 25.9 Å². The summed E-state index contributed by atoms with van der Waals surface area (Å²) in [6.45, 7) is 9.08. The Labute approximate surface area is 115 Å². The van der Waals surface area contributed by atoms with Gasteiger partial charge < -0.3 is 9.42 Å². The van der Waals surface area contributed by atoms with Crippen molar-refractivity contribution in [3.63, 3.8) is 0 Å². The first-order valence-electron chi connectivity index (χ1n) is 7.29. The summed E-state index contributed by atoms with van der Waals surface area (Å²) in [5.74, 6) is 1.61. The maximum absolute atomic E-state index is 12.3. The van der Waals surface area contributed by atoms with E-state index in [1.165, 1.54) is 0 Å². The number of carbonyl (C=O) groups excluding carboxylic acids is 1. The number of hydrogen-bond acceptors (Lipinski definition) is 3. The van der Waals surface area contributed by atoms with Crippen LogP contribution in [0.1, 0.15) is 63.1 Å². The van der Waals surface area contributed by atoms with Crippen LogP contribution in [-0.2, 0) is 11.2 Å². The van der Waals surface area contributed by atoms with Gasteiger partial charge in [0.25, 0.3) is 0 Å². The molecule has 1 aliphatic rings. The lowest BCUT2D eigenvalue weighted by atomic mass is 10.0. The van der Waals surface area contributed by atoms with Crippen LogP contribution in [0.3, 0.4) is 0 Å². The van der Waals surface area contributed by atoms with E-state index in [0.29, 0.717) is 12.3 Å². The molecule has 0 saturated carbocycles. The first-order valence-corrected chi connectivity index (χ1v) is 7.29. The molecular weight excluding hydrogens is 240 g/mol. The summed E-state index contributed by atoms with van der Waals surface area (Å²) in [5.41, 5.74) is 2.09. The molecule has 1 atom stereocenters. The van der Waals surface area contributed by atoms with E-state index in [4.69, 9.17) is 4.52 Å². The van der Waals surface area contributed by atoms with Crippen molar-refractivity contribution in [1.29, 1.82) is 0 Å². The van der Waals surface area contributed by atoms with Gasteiger partial charge in [-0.1, -0.05) is 25.9 Å². The zero-order valence-corrected chi connectivity index (χ0v) is 12.4. The maximum atomic E-state index is 12.3. The van der Waals surface area contributed by atoms with Crippen molar-refractivity contribution in [3.8, 4) is 0 Å². The van der Waals surface area contributed by atoms with Crippen molar-refractivity contribution in [1.82, 2.24) is 10.1 Å². The smallest absolute Gasteiger partial charge is 0.223 e. The molecule has 0 radical (unpaired) electrons. The lowest BCUT2D eigenvalue weighted by molar-refractivity contribution is -0.132. The highest BCUT2D eigenvalue weighted by Crippen LogP contribution is 2.36. The molecule has 0 aliphatic carbocycles. The van der Waals surface area contributed by atoms with Gasteiger partial charge in [-0.25, -0.2) is 0 Å². The molecule has 1 fully saturated rings. The van der Waals surface area contributed by atoms with E-state index in [1.54, 1.807) is 0 Å². The molecule has 1 unspecified atom stereocenters. The molecule has 1 aromatic heterocycles. The number of nitrogens with zero attached hydrogens (tertiary/aromatic N) is 2. The number of amides is 1. The minimum absolute atomic E-state index is 0.174. The van der Waals surface area contributed by atoms with Gasteiger partial charge in [0, 0.05) is 24.9 Å². The van der Waals surface area contributed by atoms with Crippen molar-refractivity contribution >= 4 is 5.91 Å². The molecule has 4 heteroatoms. The molecule has 0 bridgehead atoms. The van der Waals surface area contributed by atoms with E-state index in [1.807, 2.05) is 11.8 Å². The first kappa shape index (κ1) is 14.1. The second-order valence-electron chi connectivity index (χ2n) is 5.80. The summed E-state index contributed by atoms with van der Waals surface area (Å²) in [6.07, 6.45) is 3.56. The van der Waals surface area contributed by atoms with E-state index >= 15 is 0 Å². The molecule has 1 amide bonds. The SMILES string of the molecule is CCc1onc(C)c1C1CCCN1C(=O)CC(C)C. The van der Waals surface area contributed by atoms with Crippen molar-refractivity contribution in [2.45, 2.75) is 59.4 Å². The van der Waals surface area contributed by atoms with Crippen LogP contribution in [0.2, 0.25) is 0 Å². The maximum Gasteiger partial charge on any atom is 0.223 e. The first-order chi connectivity index (χ1) is 9.04. The second-order valence-corrected chi connectivity index (χ2v) is 5.80. The topological polar surface area (TPSA) is 46.3 Å². The van der Waals surface area contributed by atoms with Crippen LogP contribution in [-0.4, -0.2) is 22.5 Å². The van der Waals surface area contributed by atoms with E-state index < -0.39 is 0 Å². The third-order valence-corrected chi connectivity index (χ3v) is 3.79. The lowest BCUT2D eigenvalue weighted by Crippen LogP contribution is -2.31. The summed E-state index contributed by atoms with van der Waals surface area (Å²) in [6, 6.07) is 0.174. The molecule has 0 spiro atoms. The van der Waals surface area contributed by atoms with Crippen molar-refractivity contribution in [2.24, 2.45) is 5.92 Å². The standard InChI is InChI=1S/C15H24N2O2/c1-5-13-15(11(4)16-19-13)12-7-6-8-17(12)14(18)9-10(2)3/h10,12H,5-9H2,1-4H3. The number of rotatable bonds is 4. The van der Waals surface area contributed by atoms with Gasteiger partial charge in [-0.3, -0.25) is 4.79 Å². The normalized spacial score (nSPS) is 19.4. The van der Waals surface area contributed by atoms with Gasteiger partial charge in [0.15, 0.2) is 0 Å². The Morgan fingerprint density at radius 2 is 2.26 bits per heavy atom. The second kappa shape index (κ2) is 5.76. The molecule has 1 aliphatic heterocycles. The number of hydrogen-bond donors (Lipinski definition) is 0. The zero-order valence-electron chi connectivity index (χ0n) is 12.4. The fourth-order valence-electron chi connectivity index (χ4n) is 2.94. The average molecular weight is 264 g/mol. The van der Waals surface area contributed by atoms with E-state index in [0.717, 1.165) is 42.8 Å². The highest BCUT2D eigenvalue weighted by molar-refractivity contribution is 5.77. The summed E-state index contributed by atoms with van der Waals surface area (Å²) in [5, 5.41) is 4.07. The molecule has 4 nitrogen and oxygen atoms in total. The highest BCUT2D eigenvalue weighted by atomic mass is 16.5. The summed E-state index contributed by atoms with van der Waals surface area (Å²) >= 11 is 0. The molecule has 106 valence electrons. The quantitative estimate of drug-likeness (QED) is 0.838. The Kier molecular flexibility index (Phi) is 4.27. The van der Waals surface area contributed by atoms with Crippen molar-refractivity contribution < 1.29 is 9.32 Å². The molecule has 2 heterocycles. The molecule has 2 rings (SSSR count). The molecule has 1 aromatic rings. The number of aryl methyl sites for hydroxylation is 2. The van der Waals surface area contributed by atoms with Crippen molar-refractivity contribution in [2.75, 3.05) is 6.54 Å².